The molecule has 0 spiro atoms. The Kier molecular flexibility index (Phi) is 7.25. The molecule has 0 bridgehead atoms. The second-order valence-electron chi connectivity index (χ2n) is 5.45. The van der Waals surface area contributed by atoms with Crippen LogP contribution in [0.4, 0.5) is 4.79 Å². The van der Waals surface area contributed by atoms with Gasteiger partial charge in [-0.15, -0.1) is 0 Å². The fourth-order valence-electron chi connectivity index (χ4n) is 2.40. The molecule has 0 aliphatic carbocycles. The van der Waals surface area contributed by atoms with E-state index in [-0.39, 0.29) is 12.1 Å². The van der Waals surface area contributed by atoms with E-state index >= 15 is 0 Å². The van der Waals surface area contributed by atoms with Gasteiger partial charge in [-0.1, -0.05) is 30.3 Å². The van der Waals surface area contributed by atoms with Gasteiger partial charge in [-0.25, -0.2) is 4.79 Å². The predicted molar refractivity (Wildman–Crippen MR) is 94.7 cm³/mol. The quantitative estimate of drug-likeness (QED) is 0.896. The average Bonchev–Trinajstić information content (AvgIpc) is 2.72. The molecule has 1 aliphatic rings. The molecule has 2 rings (SSSR count). The molecule has 1 fully saturated rings. The molecule has 6 heteroatoms. The van der Waals surface area contributed by atoms with E-state index in [0.29, 0.717) is 18.1 Å². The lowest BCUT2D eigenvalue weighted by Gasteiger charge is -2.26. The van der Waals surface area contributed by atoms with Gasteiger partial charge in [0.25, 0.3) is 0 Å². The van der Waals surface area contributed by atoms with Gasteiger partial charge in [0.1, 0.15) is 0 Å². The van der Waals surface area contributed by atoms with Gasteiger partial charge < -0.3 is 10.2 Å². The second kappa shape index (κ2) is 9.20. The number of hydrogen-bond acceptors (Lipinski definition) is 3. The molecule has 4 nitrogen and oxygen atoms in total. The number of rotatable bonds is 5. The molecule has 0 aromatic heterocycles. The van der Waals surface area contributed by atoms with E-state index in [4.69, 9.17) is 0 Å². The van der Waals surface area contributed by atoms with Crippen molar-refractivity contribution in [2.75, 3.05) is 30.3 Å². The molecule has 0 radical (unpaired) electrons. The summed E-state index contributed by atoms with van der Waals surface area (Å²) in [7, 11) is -0.942. The Labute approximate surface area is 139 Å². The summed E-state index contributed by atoms with van der Waals surface area (Å²) in [5, 5.41) is 2.91. The Morgan fingerprint density at radius 1 is 1.36 bits per heavy atom. The maximum absolute atomic E-state index is 12.2. The highest BCUT2D eigenvalue weighted by molar-refractivity contribution is 7.99. The first-order valence-electron chi connectivity index (χ1n) is 7.68. The van der Waals surface area contributed by atoms with Gasteiger partial charge in [0.15, 0.2) is 0 Å². The Morgan fingerprint density at radius 3 is 2.91 bits per heavy atom. The van der Waals surface area contributed by atoms with E-state index in [1.807, 2.05) is 47.0 Å². The van der Waals surface area contributed by atoms with Crippen molar-refractivity contribution in [1.29, 1.82) is 0 Å². The molecule has 1 aliphatic heterocycles. The zero-order valence-corrected chi connectivity index (χ0v) is 14.6. The monoisotopic (exact) mass is 340 g/mol. The number of carbonyl (C=O) groups excluding carboxylic acids is 1. The van der Waals surface area contributed by atoms with Crippen molar-refractivity contribution in [3.05, 3.63) is 35.9 Å². The van der Waals surface area contributed by atoms with Crippen molar-refractivity contribution < 1.29 is 9.00 Å². The SMILES string of the molecule is CC1CCSCCN1C(=O)NCCS(=O)Cc1ccccc1. The molecule has 2 atom stereocenters. The van der Waals surface area contributed by atoms with Crippen LogP contribution < -0.4 is 5.32 Å². The van der Waals surface area contributed by atoms with Crippen LogP contribution in [-0.2, 0) is 16.6 Å². The Morgan fingerprint density at radius 2 is 2.14 bits per heavy atom. The van der Waals surface area contributed by atoms with E-state index in [0.717, 1.165) is 30.0 Å². The summed E-state index contributed by atoms with van der Waals surface area (Å²) >= 11 is 1.90. The van der Waals surface area contributed by atoms with Crippen LogP contribution in [-0.4, -0.2) is 51.5 Å². The normalized spacial score (nSPS) is 20.2. The first kappa shape index (κ1) is 17.3. The summed E-state index contributed by atoms with van der Waals surface area (Å²) in [6, 6.07) is 10.1. The highest BCUT2D eigenvalue weighted by atomic mass is 32.2. The molecule has 2 unspecified atom stereocenters. The van der Waals surface area contributed by atoms with Gasteiger partial charge in [-0.3, -0.25) is 4.21 Å². The van der Waals surface area contributed by atoms with Gasteiger partial charge in [0.05, 0.1) is 0 Å². The molecule has 1 saturated heterocycles. The van der Waals surface area contributed by atoms with Crippen molar-refractivity contribution in [3.63, 3.8) is 0 Å². The molecular formula is C16H24N2O2S2. The lowest BCUT2D eigenvalue weighted by molar-refractivity contribution is 0.184. The van der Waals surface area contributed by atoms with Crippen molar-refractivity contribution in [2.24, 2.45) is 0 Å². The Bertz CT molecular complexity index is 496. The van der Waals surface area contributed by atoms with Crippen molar-refractivity contribution in [3.8, 4) is 0 Å². The van der Waals surface area contributed by atoms with Gasteiger partial charge in [-0.05, 0) is 24.7 Å². The topological polar surface area (TPSA) is 49.4 Å². The average molecular weight is 341 g/mol. The number of nitrogens with zero attached hydrogens (tertiary/aromatic N) is 1. The second-order valence-corrected chi connectivity index (χ2v) is 8.25. The number of carbonyl (C=O) groups is 1. The van der Waals surface area contributed by atoms with Crippen LogP contribution in [0.2, 0.25) is 0 Å². The third kappa shape index (κ3) is 5.65. The summed E-state index contributed by atoms with van der Waals surface area (Å²) < 4.78 is 12.0. The summed E-state index contributed by atoms with van der Waals surface area (Å²) in [5.74, 6) is 3.16. The first-order chi connectivity index (χ1) is 10.7. The van der Waals surface area contributed by atoms with Gasteiger partial charge in [0.2, 0.25) is 0 Å². The fraction of sp³-hybridized carbons (Fsp3) is 0.562. The van der Waals surface area contributed by atoms with Crippen molar-refractivity contribution in [2.45, 2.75) is 25.1 Å². The van der Waals surface area contributed by atoms with Crippen LogP contribution in [0.15, 0.2) is 30.3 Å². The number of hydrogen-bond donors (Lipinski definition) is 1. The minimum absolute atomic E-state index is 0.0216. The molecule has 1 aromatic rings. The van der Waals surface area contributed by atoms with E-state index in [9.17, 15) is 9.00 Å². The highest BCUT2D eigenvalue weighted by Crippen LogP contribution is 2.15. The maximum atomic E-state index is 12.2. The summed E-state index contributed by atoms with van der Waals surface area (Å²) in [5.41, 5.74) is 1.07. The van der Waals surface area contributed by atoms with Crippen LogP contribution in [0, 0.1) is 0 Å². The Balaban J connectivity index is 1.71. The zero-order chi connectivity index (χ0) is 15.8. The molecule has 2 amide bonds. The number of benzene rings is 1. The number of nitrogens with one attached hydrogen (secondary N) is 1. The minimum atomic E-state index is -0.942. The van der Waals surface area contributed by atoms with E-state index in [1.165, 1.54) is 0 Å². The number of urea groups is 1. The van der Waals surface area contributed by atoms with Crippen LogP contribution >= 0.6 is 11.8 Å². The largest absolute Gasteiger partial charge is 0.337 e. The molecule has 122 valence electrons. The lowest BCUT2D eigenvalue weighted by Crippen LogP contribution is -2.46. The summed E-state index contributed by atoms with van der Waals surface area (Å²) in [6.07, 6.45) is 1.04. The molecule has 22 heavy (non-hydrogen) atoms. The maximum Gasteiger partial charge on any atom is 0.317 e. The van der Waals surface area contributed by atoms with E-state index in [2.05, 4.69) is 12.2 Å². The molecule has 1 heterocycles. The van der Waals surface area contributed by atoms with E-state index in [1.54, 1.807) is 0 Å². The third-order valence-corrected chi connectivity index (χ3v) is 6.04. The Hall–Kier alpha value is -1.01. The molecule has 1 aromatic carbocycles. The predicted octanol–water partition coefficient (Wildman–Crippen LogP) is 2.47. The standard InChI is InChI=1S/C16H24N2O2S2/c1-14-7-10-21-11-9-18(14)16(19)17-8-12-22(20)13-15-5-3-2-4-6-15/h2-6,14H,7-13H2,1H3,(H,17,19). The van der Waals surface area contributed by atoms with Crippen LogP contribution in [0.3, 0.4) is 0 Å². The lowest BCUT2D eigenvalue weighted by atomic mass is 10.2. The third-order valence-electron chi connectivity index (χ3n) is 3.73. The van der Waals surface area contributed by atoms with Crippen molar-refractivity contribution in [1.82, 2.24) is 10.2 Å². The molecule has 1 N–H and O–H groups in total. The smallest absolute Gasteiger partial charge is 0.317 e. The van der Waals surface area contributed by atoms with Crippen LogP contribution in [0.5, 0.6) is 0 Å². The van der Waals surface area contributed by atoms with Crippen LogP contribution in [0.25, 0.3) is 0 Å². The van der Waals surface area contributed by atoms with Gasteiger partial charge in [0, 0.05) is 47.2 Å². The molecular weight excluding hydrogens is 316 g/mol. The number of thioether (sulfide) groups is 1. The summed E-state index contributed by atoms with van der Waals surface area (Å²) in [6.45, 7) is 3.36. The fourth-order valence-corrected chi connectivity index (χ4v) is 4.48. The van der Waals surface area contributed by atoms with Crippen molar-refractivity contribution >= 4 is 28.6 Å². The van der Waals surface area contributed by atoms with Gasteiger partial charge in [-0.2, -0.15) is 11.8 Å². The minimum Gasteiger partial charge on any atom is -0.337 e. The first-order valence-corrected chi connectivity index (χ1v) is 10.3. The number of amides is 2. The highest BCUT2D eigenvalue weighted by Gasteiger charge is 2.21. The van der Waals surface area contributed by atoms with E-state index < -0.39 is 10.8 Å². The van der Waals surface area contributed by atoms with Gasteiger partial charge >= 0.3 is 6.03 Å². The summed E-state index contributed by atoms with van der Waals surface area (Å²) in [4.78, 5) is 14.1. The molecule has 0 saturated carbocycles. The van der Waals surface area contributed by atoms with Crippen LogP contribution in [0.1, 0.15) is 18.9 Å². The zero-order valence-electron chi connectivity index (χ0n) is 13.0.